The molecule has 0 aliphatic carbocycles. The van der Waals surface area contributed by atoms with Crippen molar-refractivity contribution in [3.8, 4) is 0 Å². The molecule has 2 N–H and O–H groups in total. The van der Waals surface area contributed by atoms with E-state index in [4.69, 9.17) is 4.42 Å². The van der Waals surface area contributed by atoms with Gasteiger partial charge in [-0.2, -0.15) is 0 Å². The molecule has 0 bridgehead atoms. The second-order valence-electron chi connectivity index (χ2n) is 3.52. The minimum absolute atomic E-state index is 0.283. The van der Waals surface area contributed by atoms with Gasteiger partial charge in [0.1, 0.15) is 0 Å². The number of benzene rings is 1. The smallest absolute Gasteiger partial charge is 0.408 e. The maximum Gasteiger partial charge on any atom is 0.417 e. The molecule has 2 aromatic heterocycles. The number of thiazole rings is 1. The lowest BCUT2D eigenvalue weighted by Crippen LogP contribution is -2.11. The Morgan fingerprint density at radius 3 is 3.11 bits per heavy atom. The van der Waals surface area contributed by atoms with Crippen LogP contribution in [0, 0.1) is 0 Å². The van der Waals surface area contributed by atoms with E-state index in [0.717, 1.165) is 0 Å². The summed E-state index contributed by atoms with van der Waals surface area (Å²) in [5, 5.41) is 4.95. The first kappa shape index (κ1) is 10.7. The van der Waals surface area contributed by atoms with Crippen molar-refractivity contribution >= 4 is 33.5 Å². The Kier molecular flexibility index (Phi) is 2.45. The quantitative estimate of drug-likeness (QED) is 0.736. The summed E-state index contributed by atoms with van der Waals surface area (Å²) in [6, 6.07) is 4.72. The highest BCUT2D eigenvalue weighted by molar-refractivity contribution is 7.13. The van der Waals surface area contributed by atoms with E-state index < -0.39 is 5.76 Å². The summed E-state index contributed by atoms with van der Waals surface area (Å²) < 4.78 is 4.86. The zero-order chi connectivity index (χ0) is 12.5. The normalized spacial score (nSPS) is 10.7. The first-order chi connectivity index (χ1) is 8.72. The molecule has 0 aliphatic heterocycles. The van der Waals surface area contributed by atoms with E-state index in [-0.39, 0.29) is 5.91 Å². The van der Waals surface area contributed by atoms with Crippen molar-refractivity contribution in [3.63, 3.8) is 0 Å². The summed E-state index contributed by atoms with van der Waals surface area (Å²) in [4.78, 5) is 29.3. The summed E-state index contributed by atoms with van der Waals surface area (Å²) in [5.74, 6) is -0.823. The van der Waals surface area contributed by atoms with Crippen LogP contribution in [0.4, 0.5) is 5.13 Å². The van der Waals surface area contributed by atoms with Gasteiger partial charge in [0.15, 0.2) is 10.7 Å². The zero-order valence-electron chi connectivity index (χ0n) is 8.97. The summed E-state index contributed by atoms with van der Waals surface area (Å²) in [6.45, 7) is 0. The van der Waals surface area contributed by atoms with Gasteiger partial charge in [0, 0.05) is 17.1 Å². The van der Waals surface area contributed by atoms with E-state index in [1.165, 1.54) is 11.3 Å². The highest BCUT2D eigenvalue weighted by Crippen LogP contribution is 2.15. The fourth-order valence-electron chi connectivity index (χ4n) is 1.55. The van der Waals surface area contributed by atoms with Crippen LogP contribution in [0.5, 0.6) is 0 Å². The zero-order valence-corrected chi connectivity index (χ0v) is 9.78. The van der Waals surface area contributed by atoms with Crippen molar-refractivity contribution in [2.75, 3.05) is 5.32 Å². The van der Waals surface area contributed by atoms with E-state index >= 15 is 0 Å². The molecule has 0 atom stereocenters. The molecule has 0 saturated heterocycles. The van der Waals surface area contributed by atoms with E-state index in [1.54, 1.807) is 29.8 Å². The van der Waals surface area contributed by atoms with Gasteiger partial charge in [-0.3, -0.25) is 15.1 Å². The van der Waals surface area contributed by atoms with Crippen molar-refractivity contribution in [2.45, 2.75) is 0 Å². The highest BCUT2D eigenvalue weighted by atomic mass is 32.1. The van der Waals surface area contributed by atoms with Crippen molar-refractivity contribution in [1.29, 1.82) is 0 Å². The standard InChI is InChI=1S/C11H7N3O3S/c15-9(14-10-12-3-4-18-10)6-1-2-8-7(5-6)13-11(16)17-8/h1-5H,(H,13,16)(H,12,14,15). The molecule has 3 rings (SSSR count). The maximum atomic E-state index is 11.9. The number of amides is 1. The molecule has 0 fully saturated rings. The third-order valence-electron chi connectivity index (χ3n) is 2.33. The van der Waals surface area contributed by atoms with Crippen LogP contribution < -0.4 is 11.1 Å². The van der Waals surface area contributed by atoms with Crippen LogP contribution in [0.25, 0.3) is 11.1 Å². The summed E-state index contributed by atoms with van der Waals surface area (Å²) in [7, 11) is 0. The largest absolute Gasteiger partial charge is 0.417 e. The minimum Gasteiger partial charge on any atom is -0.408 e. The van der Waals surface area contributed by atoms with Crippen LogP contribution in [-0.4, -0.2) is 15.9 Å². The van der Waals surface area contributed by atoms with Crippen LogP contribution in [0.3, 0.4) is 0 Å². The van der Waals surface area contributed by atoms with Gasteiger partial charge in [-0.15, -0.1) is 11.3 Å². The first-order valence-corrected chi connectivity index (χ1v) is 5.94. The fourth-order valence-corrected chi connectivity index (χ4v) is 2.07. The second kappa shape index (κ2) is 4.11. The van der Waals surface area contributed by atoms with E-state index in [0.29, 0.717) is 21.8 Å². The molecule has 0 radical (unpaired) electrons. The number of aromatic nitrogens is 2. The summed E-state index contributed by atoms with van der Waals surface area (Å²) in [5.41, 5.74) is 1.34. The van der Waals surface area contributed by atoms with Crippen LogP contribution >= 0.6 is 11.3 Å². The third kappa shape index (κ3) is 1.91. The molecular weight excluding hydrogens is 254 g/mol. The number of carbonyl (C=O) groups is 1. The Bertz CT molecular complexity index is 757. The van der Waals surface area contributed by atoms with Crippen molar-refractivity contribution in [1.82, 2.24) is 9.97 Å². The number of carbonyl (C=O) groups excluding carboxylic acids is 1. The van der Waals surface area contributed by atoms with Crippen LogP contribution in [0.15, 0.2) is 39.0 Å². The van der Waals surface area contributed by atoms with Gasteiger partial charge in [-0.25, -0.2) is 9.78 Å². The van der Waals surface area contributed by atoms with Crippen LogP contribution in [0.1, 0.15) is 10.4 Å². The van der Waals surface area contributed by atoms with Gasteiger partial charge in [-0.1, -0.05) is 0 Å². The molecule has 0 spiro atoms. The number of fused-ring (bicyclic) bond motifs is 1. The average molecular weight is 261 g/mol. The molecule has 2 heterocycles. The number of anilines is 1. The van der Waals surface area contributed by atoms with Crippen molar-refractivity contribution in [3.05, 3.63) is 45.9 Å². The van der Waals surface area contributed by atoms with E-state index in [2.05, 4.69) is 15.3 Å². The van der Waals surface area contributed by atoms with Gasteiger partial charge in [0.2, 0.25) is 0 Å². The van der Waals surface area contributed by atoms with Gasteiger partial charge in [0.25, 0.3) is 5.91 Å². The number of oxazole rings is 1. The van der Waals surface area contributed by atoms with Crippen molar-refractivity contribution < 1.29 is 9.21 Å². The SMILES string of the molecule is O=C(Nc1nccs1)c1ccc2oc(=O)[nH]c2c1. The topological polar surface area (TPSA) is 88.0 Å². The average Bonchev–Trinajstić information content (AvgIpc) is 2.95. The molecule has 6 nitrogen and oxygen atoms in total. The monoisotopic (exact) mass is 261 g/mol. The number of hydrogen-bond donors (Lipinski definition) is 2. The molecule has 3 aromatic rings. The van der Waals surface area contributed by atoms with Gasteiger partial charge >= 0.3 is 5.76 Å². The Morgan fingerprint density at radius 2 is 2.33 bits per heavy atom. The maximum absolute atomic E-state index is 11.9. The summed E-state index contributed by atoms with van der Waals surface area (Å²) >= 11 is 1.33. The number of aromatic amines is 1. The lowest BCUT2D eigenvalue weighted by molar-refractivity contribution is 0.102. The second-order valence-corrected chi connectivity index (χ2v) is 4.41. The molecule has 1 amide bonds. The third-order valence-corrected chi connectivity index (χ3v) is 3.02. The van der Waals surface area contributed by atoms with Crippen molar-refractivity contribution in [2.24, 2.45) is 0 Å². The molecule has 18 heavy (non-hydrogen) atoms. The molecule has 1 aromatic carbocycles. The fraction of sp³-hybridized carbons (Fsp3) is 0. The number of nitrogens with zero attached hydrogens (tertiary/aromatic N) is 1. The highest BCUT2D eigenvalue weighted by Gasteiger charge is 2.10. The number of H-pyrrole nitrogens is 1. The Labute approximate surface area is 104 Å². The van der Waals surface area contributed by atoms with E-state index in [1.807, 2.05) is 0 Å². The molecular formula is C11H7N3O3S. The molecule has 0 unspecified atom stereocenters. The summed E-state index contributed by atoms with van der Waals surface area (Å²) in [6.07, 6.45) is 1.61. The van der Waals surface area contributed by atoms with Gasteiger partial charge < -0.3 is 4.42 Å². The predicted octanol–water partition coefficient (Wildman–Crippen LogP) is 1.83. The lowest BCUT2D eigenvalue weighted by Gasteiger charge is -2.00. The minimum atomic E-state index is -0.539. The molecule has 90 valence electrons. The van der Waals surface area contributed by atoms with Gasteiger partial charge in [0.05, 0.1) is 5.52 Å². The molecule has 7 heteroatoms. The molecule has 0 aliphatic rings. The van der Waals surface area contributed by atoms with Crippen LogP contribution in [0.2, 0.25) is 0 Å². The number of rotatable bonds is 2. The Hall–Kier alpha value is -2.41. The number of hydrogen-bond acceptors (Lipinski definition) is 5. The van der Waals surface area contributed by atoms with E-state index in [9.17, 15) is 9.59 Å². The van der Waals surface area contributed by atoms with Crippen LogP contribution in [-0.2, 0) is 0 Å². The Balaban J connectivity index is 1.93. The number of nitrogens with one attached hydrogen (secondary N) is 2. The predicted molar refractivity (Wildman–Crippen MR) is 66.9 cm³/mol. The Morgan fingerprint density at radius 1 is 1.44 bits per heavy atom. The lowest BCUT2D eigenvalue weighted by atomic mass is 10.2. The molecule has 0 saturated carbocycles. The first-order valence-electron chi connectivity index (χ1n) is 5.06. The van der Waals surface area contributed by atoms with Gasteiger partial charge in [-0.05, 0) is 18.2 Å².